The van der Waals surface area contributed by atoms with Gasteiger partial charge in [-0.1, -0.05) is 0 Å². The van der Waals surface area contributed by atoms with Crippen molar-refractivity contribution in [2.45, 2.75) is 0 Å². The Morgan fingerprint density at radius 2 is 2.10 bits per heavy atom. The molecule has 0 spiro atoms. The Morgan fingerprint density at radius 3 is 2.75 bits per heavy atom. The standard InChI is InChI=1S/C11H19N7O2/c1-13-8(19)7-17(2)10-14-9(12)15-11(16-10)18-3-5-20-6-4-18/h3-7H2,1-2H3,(H,13,19)(H2,12,14,15,16). The van der Waals surface area contributed by atoms with E-state index in [1.807, 2.05) is 4.90 Å². The van der Waals surface area contributed by atoms with Crippen molar-refractivity contribution in [3.63, 3.8) is 0 Å². The molecule has 9 heteroatoms. The fourth-order valence-corrected chi connectivity index (χ4v) is 1.81. The van der Waals surface area contributed by atoms with E-state index in [1.165, 1.54) is 0 Å². The van der Waals surface area contributed by atoms with Crippen LogP contribution in [-0.2, 0) is 9.53 Å². The van der Waals surface area contributed by atoms with Crippen molar-refractivity contribution < 1.29 is 9.53 Å². The van der Waals surface area contributed by atoms with E-state index in [1.54, 1.807) is 19.0 Å². The maximum absolute atomic E-state index is 11.4. The van der Waals surface area contributed by atoms with Gasteiger partial charge in [0.15, 0.2) is 0 Å². The molecule has 1 saturated heterocycles. The summed E-state index contributed by atoms with van der Waals surface area (Å²) in [6.07, 6.45) is 0. The highest BCUT2D eigenvalue weighted by molar-refractivity contribution is 5.80. The number of amides is 1. The van der Waals surface area contributed by atoms with Gasteiger partial charge >= 0.3 is 0 Å². The highest BCUT2D eigenvalue weighted by Gasteiger charge is 2.17. The largest absolute Gasteiger partial charge is 0.378 e. The zero-order valence-corrected chi connectivity index (χ0v) is 11.7. The van der Waals surface area contributed by atoms with Crippen molar-refractivity contribution in [2.24, 2.45) is 0 Å². The molecular formula is C11H19N7O2. The molecule has 3 N–H and O–H groups in total. The third kappa shape index (κ3) is 3.44. The molecule has 0 aliphatic carbocycles. The number of hydrogen-bond acceptors (Lipinski definition) is 8. The first-order chi connectivity index (χ1) is 9.60. The second-order valence-electron chi connectivity index (χ2n) is 4.42. The lowest BCUT2D eigenvalue weighted by Gasteiger charge is -2.27. The van der Waals surface area contributed by atoms with Gasteiger partial charge in [-0.05, 0) is 0 Å². The summed E-state index contributed by atoms with van der Waals surface area (Å²) in [5.41, 5.74) is 5.72. The Morgan fingerprint density at radius 1 is 1.40 bits per heavy atom. The third-order valence-electron chi connectivity index (χ3n) is 2.92. The zero-order chi connectivity index (χ0) is 14.5. The van der Waals surface area contributed by atoms with Gasteiger partial charge in [0.1, 0.15) is 0 Å². The number of likely N-dealkylation sites (N-methyl/N-ethyl adjacent to an activating group) is 2. The maximum atomic E-state index is 11.4. The van der Waals surface area contributed by atoms with E-state index in [9.17, 15) is 4.79 Å². The number of rotatable bonds is 4. The van der Waals surface area contributed by atoms with Crippen molar-refractivity contribution in [1.82, 2.24) is 20.3 Å². The number of hydrogen-bond donors (Lipinski definition) is 2. The van der Waals surface area contributed by atoms with Gasteiger partial charge in [-0.3, -0.25) is 4.79 Å². The lowest BCUT2D eigenvalue weighted by atomic mass is 10.4. The molecule has 0 aromatic carbocycles. The van der Waals surface area contributed by atoms with E-state index < -0.39 is 0 Å². The van der Waals surface area contributed by atoms with Crippen LogP contribution in [0.4, 0.5) is 17.8 Å². The van der Waals surface area contributed by atoms with Crippen molar-refractivity contribution >= 4 is 23.8 Å². The van der Waals surface area contributed by atoms with Gasteiger partial charge in [-0.2, -0.15) is 15.0 Å². The monoisotopic (exact) mass is 281 g/mol. The van der Waals surface area contributed by atoms with Crippen LogP contribution >= 0.6 is 0 Å². The summed E-state index contributed by atoms with van der Waals surface area (Å²) >= 11 is 0. The Hall–Kier alpha value is -2.16. The van der Waals surface area contributed by atoms with Crippen LogP contribution in [0.25, 0.3) is 0 Å². The highest BCUT2D eigenvalue weighted by atomic mass is 16.5. The number of nitrogens with one attached hydrogen (secondary N) is 1. The molecule has 2 rings (SSSR count). The summed E-state index contributed by atoms with van der Waals surface area (Å²) in [5, 5.41) is 2.55. The van der Waals surface area contributed by atoms with Crippen LogP contribution in [0.15, 0.2) is 0 Å². The first kappa shape index (κ1) is 14.3. The molecule has 110 valence electrons. The van der Waals surface area contributed by atoms with Gasteiger partial charge in [0.25, 0.3) is 0 Å². The van der Waals surface area contributed by atoms with Gasteiger partial charge in [-0.25, -0.2) is 0 Å². The van der Waals surface area contributed by atoms with Crippen molar-refractivity contribution in [3.8, 4) is 0 Å². The number of nitrogens with zero attached hydrogens (tertiary/aromatic N) is 5. The number of carbonyl (C=O) groups excluding carboxylic acids is 1. The van der Waals surface area contributed by atoms with Crippen LogP contribution in [-0.4, -0.2) is 67.8 Å². The maximum Gasteiger partial charge on any atom is 0.239 e. The minimum absolute atomic E-state index is 0.126. The van der Waals surface area contributed by atoms with Gasteiger partial charge in [-0.15, -0.1) is 0 Å². The number of nitrogens with two attached hydrogens (primary N) is 1. The Bertz CT molecular complexity index is 476. The van der Waals surface area contributed by atoms with Gasteiger partial charge in [0, 0.05) is 27.2 Å². The summed E-state index contributed by atoms with van der Waals surface area (Å²) in [6.45, 7) is 2.84. The number of ether oxygens (including phenoxy) is 1. The topological polar surface area (TPSA) is 110 Å². The number of nitrogen functional groups attached to an aromatic ring is 1. The van der Waals surface area contributed by atoms with Gasteiger partial charge in [0.2, 0.25) is 23.8 Å². The fourth-order valence-electron chi connectivity index (χ4n) is 1.81. The molecule has 0 radical (unpaired) electrons. The number of anilines is 3. The van der Waals surface area contributed by atoms with Gasteiger partial charge < -0.3 is 25.6 Å². The normalized spacial score (nSPS) is 15.0. The molecule has 1 amide bonds. The minimum atomic E-state index is -0.126. The van der Waals surface area contributed by atoms with Crippen LogP contribution in [0, 0.1) is 0 Å². The minimum Gasteiger partial charge on any atom is -0.378 e. The molecule has 2 heterocycles. The average Bonchev–Trinajstić information content (AvgIpc) is 2.47. The summed E-state index contributed by atoms with van der Waals surface area (Å²) < 4.78 is 5.29. The van der Waals surface area contributed by atoms with Crippen LogP contribution in [0.5, 0.6) is 0 Å². The Balaban J connectivity index is 2.17. The molecule has 0 unspecified atom stereocenters. The Labute approximate surface area is 117 Å². The summed E-state index contributed by atoms with van der Waals surface area (Å²) in [7, 11) is 3.31. The molecule has 0 atom stereocenters. The molecule has 9 nitrogen and oxygen atoms in total. The number of aromatic nitrogens is 3. The van der Waals surface area contributed by atoms with Crippen molar-refractivity contribution in [2.75, 3.05) is 62.5 Å². The molecular weight excluding hydrogens is 262 g/mol. The predicted molar refractivity (Wildman–Crippen MR) is 74.6 cm³/mol. The van der Waals surface area contributed by atoms with E-state index in [4.69, 9.17) is 10.5 Å². The van der Waals surface area contributed by atoms with Crippen LogP contribution in [0.1, 0.15) is 0 Å². The number of carbonyl (C=O) groups is 1. The highest BCUT2D eigenvalue weighted by Crippen LogP contribution is 2.15. The summed E-state index contributed by atoms with van der Waals surface area (Å²) in [6, 6.07) is 0. The zero-order valence-electron chi connectivity index (χ0n) is 11.7. The third-order valence-corrected chi connectivity index (χ3v) is 2.92. The van der Waals surface area contributed by atoms with E-state index in [-0.39, 0.29) is 18.4 Å². The first-order valence-corrected chi connectivity index (χ1v) is 6.36. The van der Waals surface area contributed by atoms with Crippen molar-refractivity contribution in [1.29, 1.82) is 0 Å². The lowest BCUT2D eigenvalue weighted by molar-refractivity contribution is -0.119. The van der Waals surface area contributed by atoms with Crippen LogP contribution < -0.4 is 20.9 Å². The second-order valence-corrected chi connectivity index (χ2v) is 4.42. The van der Waals surface area contributed by atoms with E-state index >= 15 is 0 Å². The van der Waals surface area contributed by atoms with Crippen LogP contribution in [0.2, 0.25) is 0 Å². The summed E-state index contributed by atoms with van der Waals surface area (Å²) in [5.74, 6) is 0.904. The van der Waals surface area contributed by atoms with E-state index in [2.05, 4.69) is 20.3 Å². The van der Waals surface area contributed by atoms with Crippen molar-refractivity contribution in [3.05, 3.63) is 0 Å². The molecule has 1 aromatic heterocycles. The lowest BCUT2D eigenvalue weighted by Crippen LogP contribution is -2.38. The molecule has 20 heavy (non-hydrogen) atoms. The molecule has 0 saturated carbocycles. The predicted octanol–water partition coefficient (Wildman–Crippen LogP) is -1.53. The molecule has 1 aliphatic heterocycles. The second kappa shape index (κ2) is 6.33. The number of morpholine rings is 1. The fraction of sp³-hybridized carbons (Fsp3) is 0.636. The first-order valence-electron chi connectivity index (χ1n) is 6.36. The molecule has 0 bridgehead atoms. The quantitative estimate of drug-likeness (QED) is 0.684. The molecule has 1 aliphatic rings. The van der Waals surface area contributed by atoms with Gasteiger partial charge in [0.05, 0.1) is 19.8 Å². The Kier molecular flexibility index (Phi) is 4.51. The molecule has 1 fully saturated rings. The van der Waals surface area contributed by atoms with Crippen LogP contribution in [0.3, 0.4) is 0 Å². The average molecular weight is 281 g/mol. The SMILES string of the molecule is CNC(=O)CN(C)c1nc(N)nc(N2CCOCC2)n1. The summed E-state index contributed by atoms with van der Waals surface area (Å²) in [4.78, 5) is 27.6. The van der Waals surface area contributed by atoms with E-state index in [0.717, 1.165) is 0 Å². The van der Waals surface area contributed by atoms with E-state index in [0.29, 0.717) is 38.2 Å². The molecule has 1 aromatic rings. The smallest absolute Gasteiger partial charge is 0.239 e.